The molecular weight excluding hydrogens is 284 g/mol. The molecule has 1 aliphatic heterocycles. The molecule has 2 fully saturated rings. The molecule has 3 heteroatoms. The topological polar surface area (TPSA) is 33.3 Å². The molecule has 0 radical (unpaired) electrons. The molecule has 0 bridgehead atoms. The second-order valence-corrected chi connectivity index (χ2v) is 8.89. The van der Waals surface area contributed by atoms with Gasteiger partial charge in [0.15, 0.2) is 0 Å². The number of hydrogen-bond donors (Lipinski definition) is 2. The van der Waals surface area contributed by atoms with Crippen LogP contribution in [0.5, 0.6) is 0 Å². The first-order chi connectivity index (χ1) is 11.0. The van der Waals surface area contributed by atoms with Crippen molar-refractivity contribution in [3.8, 4) is 0 Å². The van der Waals surface area contributed by atoms with Gasteiger partial charge in [-0.15, -0.1) is 0 Å². The van der Waals surface area contributed by atoms with Crippen molar-refractivity contribution in [1.82, 2.24) is 10.6 Å². The number of nitrogens with one attached hydrogen (secondary N) is 2. The van der Waals surface area contributed by atoms with Crippen molar-refractivity contribution in [2.24, 2.45) is 17.3 Å². The molecule has 2 aliphatic rings. The molecule has 0 aromatic carbocycles. The highest BCUT2D eigenvalue weighted by atomic mass is 16.5. The summed E-state index contributed by atoms with van der Waals surface area (Å²) in [5.41, 5.74) is 0.481. The summed E-state index contributed by atoms with van der Waals surface area (Å²) in [6.45, 7) is 12.6. The van der Waals surface area contributed by atoms with E-state index in [1.807, 2.05) is 0 Å². The third-order valence-electron chi connectivity index (χ3n) is 5.96. The third kappa shape index (κ3) is 6.72. The summed E-state index contributed by atoms with van der Waals surface area (Å²) in [5, 5.41) is 7.74. The van der Waals surface area contributed by atoms with Crippen molar-refractivity contribution in [3.63, 3.8) is 0 Å². The van der Waals surface area contributed by atoms with E-state index in [0.29, 0.717) is 17.6 Å². The minimum absolute atomic E-state index is 0.481. The average Bonchev–Trinajstić information content (AvgIpc) is 2.53. The molecule has 0 spiro atoms. The fourth-order valence-electron chi connectivity index (χ4n) is 4.20. The smallest absolute Gasteiger partial charge is 0.0573 e. The van der Waals surface area contributed by atoms with E-state index in [1.54, 1.807) is 0 Å². The second-order valence-electron chi connectivity index (χ2n) is 8.89. The van der Waals surface area contributed by atoms with Crippen LogP contribution in [0.4, 0.5) is 0 Å². The molecule has 23 heavy (non-hydrogen) atoms. The van der Waals surface area contributed by atoms with Gasteiger partial charge in [0.2, 0.25) is 0 Å². The zero-order valence-electron chi connectivity index (χ0n) is 16.0. The Bertz CT molecular complexity index is 312. The van der Waals surface area contributed by atoms with Crippen LogP contribution in [0.25, 0.3) is 0 Å². The van der Waals surface area contributed by atoms with Crippen LogP contribution >= 0.6 is 0 Å². The molecule has 1 unspecified atom stereocenters. The lowest BCUT2D eigenvalue weighted by molar-refractivity contribution is 0.0644. The van der Waals surface area contributed by atoms with Gasteiger partial charge in [-0.25, -0.2) is 0 Å². The van der Waals surface area contributed by atoms with E-state index in [1.165, 1.54) is 51.4 Å². The summed E-state index contributed by atoms with van der Waals surface area (Å²) in [6, 6.07) is 0.715. The largest absolute Gasteiger partial charge is 0.381 e. The average molecular weight is 325 g/mol. The lowest BCUT2D eigenvalue weighted by atomic mass is 9.71. The monoisotopic (exact) mass is 324 g/mol. The number of rotatable bonds is 7. The highest BCUT2D eigenvalue weighted by molar-refractivity contribution is 4.85. The van der Waals surface area contributed by atoms with Crippen molar-refractivity contribution >= 4 is 0 Å². The first kappa shape index (κ1) is 19.2. The molecule has 0 aromatic heterocycles. The second kappa shape index (κ2) is 9.39. The summed E-state index contributed by atoms with van der Waals surface area (Å²) >= 11 is 0. The fraction of sp³-hybridized carbons (Fsp3) is 1.00. The van der Waals surface area contributed by atoms with E-state index in [4.69, 9.17) is 4.74 Å². The molecule has 1 saturated heterocycles. The molecule has 2 N–H and O–H groups in total. The van der Waals surface area contributed by atoms with Crippen molar-refractivity contribution in [3.05, 3.63) is 0 Å². The highest BCUT2D eigenvalue weighted by Gasteiger charge is 2.30. The SMILES string of the molecule is CCCC(NCC1CCOCC1)NC1CCC(C(C)(C)C)CC1. The summed E-state index contributed by atoms with van der Waals surface area (Å²) in [4.78, 5) is 0. The van der Waals surface area contributed by atoms with Crippen molar-refractivity contribution in [2.45, 2.75) is 91.3 Å². The molecule has 1 heterocycles. The Balaban J connectivity index is 1.71. The minimum Gasteiger partial charge on any atom is -0.381 e. The standard InChI is InChI=1S/C20H40N2O/c1-5-6-19(21-15-16-11-13-23-14-12-16)22-18-9-7-17(8-10-18)20(2,3)4/h16-19,21-22H,5-15H2,1-4H3. The van der Waals surface area contributed by atoms with Gasteiger partial charge in [0.1, 0.15) is 0 Å². The maximum Gasteiger partial charge on any atom is 0.0573 e. The van der Waals surface area contributed by atoms with Gasteiger partial charge < -0.3 is 10.1 Å². The molecule has 1 atom stereocenters. The van der Waals surface area contributed by atoms with Crippen LogP contribution in [0.2, 0.25) is 0 Å². The van der Waals surface area contributed by atoms with Gasteiger partial charge in [-0.05, 0) is 68.7 Å². The van der Waals surface area contributed by atoms with Gasteiger partial charge >= 0.3 is 0 Å². The van der Waals surface area contributed by atoms with Gasteiger partial charge in [0, 0.05) is 19.3 Å². The Morgan fingerprint density at radius 2 is 1.65 bits per heavy atom. The quantitative estimate of drug-likeness (QED) is 0.684. The zero-order chi connectivity index (χ0) is 16.7. The Hall–Kier alpha value is -0.120. The summed E-state index contributed by atoms with van der Waals surface area (Å²) in [5.74, 6) is 1.71. The van der Waals surface area contributed by atoms with E-state index in [2.05, 4.69) is 38.3 Å². The van der Waals surface area contributed by atoms with E-state index in [0.717, 1.165) is 31.6 Å². The Labute approximate surface area is 144 Å². The highest BCUT2D eigenvalue weighted by Crippen LogP contribution is 2.37. The Morgan fingerprint density at radius 3 is 2.22 bits per heavy atom. The van der Waals surface area contributed by atoms with Crippen LogP contribution in [-0.2, 0) is 4.74 Å². The Morgan fingerprint density at radius 1 is 1.00 bits per heavy atom. The molecule has 1 saturated carbocycles. The van der Waals surface area contributed by atoms with Gasteiger partial charge in [0.05, 0.1) is 6.17 Å². The number of hydrogen-bond acceptors (Lipinski definition) is 3. The maximum atomic E-state index is 5.47. The lowest BCUT2D eigenvalue weighted by Crippen LogP contribution is -2.50. The van der Waals surface area contributed by atoms with E-state index >= 15 is 0 Å². The maximum absolute atomic E-state index is 5.47. The zero-order valence-corrected chi connectivity index (χ0v) is 16.0. The van der Waals surface area contributed by atoms with Gasteiger partial charge in [0.25, 0.3) is 0 Å². The lowest BCUT2D eigenvalue weighted by Gasteiger charge is -2.38. The number of ether oxygens (including phenoxy) is 1. The van der Waals surface area contributed by atoms with E-state index in [9.17, 15) is 0 Å². The van der Waals surface area contributed by atoms with Crippen molar-refractivity contribution in [2.75, 3.05) is 19.8 Å². The van der Waals surface area contributed by atoms with Crippen molar-refractivity contribution in [1.29, 1.82) is 0 Å². The van der Waals surface area contributed by atoms with Gasteiger partial charge in [-0.2, -0.15) is 0 Å². The molecule has 0 amide bonds. The van der Waals surface area contributed by atoms with E-state index in [-0.39, 0.29) is 0 Å². The van der Waals surface area contributed by atoms with Crippen LogP contribution in [-0.4, -0.2) is 32.0 Å². The van der Waals surface area contributed by atoms with Crippen LogP contribution in [0, 0.1) is 17.3 Å². The summed E-state index contributed by atoms with van der Waals surface area (Å²) in [6.07, 6.45) is 10.9. The van der Waals surface area contributed by atoms with Gasteiger partial charge in [-0.3, -0.25) is 5.32 Å². The first-order valence-corrected chi connectivity index (χ1v) is 10.1. The predicted octanol–water partition coefficient (Wildman–Crippen LogP) is 4.32. The predicted molar refractivity (Wildman–Crippen MR) is 98.6 cm³/mol. The van der Waals surface area contributed by atoms with Gasteiger partial charge in [-0.1, -0.05) is 34.1 Å². The molecule has 2 rings (SSSR count). The molecule has 1 aliphatic carbocycles. The molecule has 0 aromatic rings. The molecule has 136 valence electrons. The third-order valence-corrected chi connectivity index (χ3v) is 5.96. The molecular formula is C20H40N2O. The van der Waals surface area contributed by atoms with Crippen LogP contribution in [0.3, 0.4) is 0 Å². The van der Waals surface area contributed by atoms with E-state index < -0.39 is 0 Å². The Kier molecular flexibility index (Phi) is 7.84. The van der Waals surface area contributed by atoms with Crippen LogP contribution < -0.4 is 10.6 Å². The summed E-state index contributed by atoms with van der Waals surface area (Å²) in [7, 11) is 0. The first-order valence-electron chi connectivity index (χ1n) is 10.1. The fourth-order valence-corrected chi connectivity index (χ4v) is 4.20. The summed E-state index contributed by atoms with van der Waals surface area (Å²) < 4.78 is 5.47. The van der Waals surface area contributed by atoms with Crippen molar-refractivity contribution < 1.29 is 4.74 Å². The normalized spacial score (nSPS) is 28.7. The van der Waals surface area contributed by atoms with Crippen LogP contribution in [0.1, 0.15) is 79.1 Å². The minimum atomic E-state index is 0.481. The molecule has 3 nitrogen and oxygen atoms in total. The van der Waals surface area contributed by atoms with Crippen LogP contribution in [0.15, 0.2) is 0 Å².